The lowest BCUT2D eigenvalue weighted by atomic mass is 9.91. The summed E-state index contributed by atoms with van der Waals surface area (Å²) >= 11 is 5.93. The molecule has 0 aromatic heterocycles. The molecule has 2 fully saturated rings. The van der Waals surface area contributed by atoms with Gasteiger partial charge in [0, 0.05) is 43.8 Å². The van der Waals surface area contributed by atoms with Crippen molar-refractivity contribution in [2.24, 2.45) is 11.8 Å². The minimum absolute atomic E-state index is 0.121. The molecule has 2 aliphatic rings. The Morgan fingerprint density at radius 1 is 1.19 bits per heavy atom. The van der Waals surface area contributed by atoms with Crippen LogP contribution in [0.15, 0.2) is 24.3 Å². The van der Waals surface area contributed by atoms with Gasteiger partial charge in [-0.2, -0.15) is 0 Å². The summed E-state index contributed by atoms with van der Waals surface area (Å²) in [6.45, 7) is 5.70. The highest BCUT2D eigenvalue weighted by atomic mass is 35.5. The molecule has 0 saturated carbocycles. The van der Waals surface area contributed by atoms with Crippen LogP contribution >= 0.6 is 11.6 Å². The number of hydrogen-bond donors (Lipinski definition) is 2. The number of carbonyl (C=O) groups is 2. The van der Waals surface area contributed by atoms with Gasteiger partial charge in [-0.1, -0.05) is 30.7 Å². The lowest BCUT2D eigenvalue weighted by Gasteiger charge is -2.37. The van der Waals surface area contributed by atoms with Gasteiger partial charge in [0.25, 0.3) is 0 Å². The standard InChI is InChI=1S/C20H28ClN3O3/c1-14-10-16(19(25)26)13-24(11-14)20(27)22-18-6-8-23(9-7-18)12-15-2-4-17(21)5-3-15/h2-5,14,16,18H,6-13H2,1H3,(H,22,27)(H,25,26). The van der Waals surface area contributed by atoms with Crippen molar-refractivity contribution in [3.63, 3.8) is 0 Å². The zero-order chi connectivity index (χ0) is 19.4. The van der Waals surface area contributed by atoms with Crippen LogP contribution in [0.4, 0.5) is 4.79 Å². The Bertz CT molecular complexity index is 659. The number of carboxylic acid groups (broad SMARTS) is 1. The Morgan fingerprint density at radius 3 is 2.48 bits per heavy atom. The highest BCUT2D eigenvalue weighted by Gasteiger charge is 2.33. The average Bonchev–Trinajstić information content (AvgIpc) is 2.64. The van der Waals surface area contributed by atoms with Crippen LogP contribution in [0.5, 0.6) is 0 Å². The third-order valence-electron chi connectivity index (χ3n) is 5.53. The number of nitrogens with zero attached hydrogens (tertiary/aromatic N) is 2. The second kappa shape index (κ2) is 8.93. The molecule has 3 rings (SSSR count). The number of halogens is 1. The van der Waals surface area contributed by atoms with E-state index in [0.717, 1.165) is 37.5 Å². The molecular formula is C20H28ClN3O3. The lowest BCUT2D eigenvalue weighted by Crippen LogP contribution is -2.53. The van der Waals surface area contributed by atoms with Gasteiger partial charge in [0.2, 0.25) is 0 Å². The van der Waals surface area contributed by atoms with Crippen LogP contribution in [-0.4, -0.2) is 59.1 Å². The second-order valence-electron chi connectivity index (χ2n) is 7.91. The predicted molar refractivity (Wildman–Crippen MR) is 105 cm³/mol. The van der Waals surface area contributed by atoms with Crippen molar-refractivity contribution in [2.45, 2.75) is 38.8 Å². The second-order valence-corrected chi connectivity index (χ2v) is 8.34. The number of nitrogens with one attached hydrogen (secondary N) is 1. The summed E-state index contributed by atoms with van der Waals surface area (Å²) in [6, 6.07) is 7.95. The van der Waals surface area contributed by atoms with E-state index in [4.69, 9.17) is 11.6 Å². The molecule has 0 radical (unpaired) electrons. The molecule has 0 bridgehead atoms. The summed E-state index contributed by atoms with van der Waals surface area (Å²) < 4.78 is 0. The number of hydrogen-bond acceptors (Lipinski definition) is 3. The lowest BCUT2D eigenvalue weighted by molar-refractivity contribution is -0.143. The van der Waals surface area contributed by atoms with Crippen LogP contribution in [0.25, 0.3) is 0 Å². The molecule has 7 heteroatoms. The van der Waals surface area contributed by atoms with Crippen LogP contribution in [-0.2, 0) is 11.3 Å². The van der Waals surface area contributed by atoms with E-state index in [1.54, 1.807) is 4.90 Å². The van der Waals surface area contributed by atoms with Crippen LogP contribution < -0.4 is 5.32 Å². The quantitative estimate of drug-likeness (QED) is 0.824. The van der Waals surface area contributed by atoms with E-state index in [-0.39, 0.29) is 18.0 Å². The number of benzene rings is 1. The fourth-order valence-corrected chi connectivity index (χ4v) is 4.17. The smallest absolute Gasteiger partial charge is 0.317 e. The molecule has 148 valence electrons. The van der Waals surface area contributed by atoms with Crippen molar-refractivity contribution in [3.8, 4) is 0 Å². The summed E-state index contributed by atoms with van der Waals surface area (Å²) in [7, 11) is 0. The SMILES string of the molecule is CC1CC(C(=O)O)CN(C(=O)NC2CCN(Cc3ccc(Cl)cc3)CC2)C1. The summed E-state index contributed by atoms with van der Waals surface area (Å²) in [6.07, 6.45) is 2.46. The molecule has 2 amide bonds. The largest absolute Gasteiger partial charge is 0.481 e. The first kappa shape index (κ1) is 20.0. The highest BCUT2D eigenvalue weighted by Crippen LogP contribution is 2.22. The van der Waals surface area contributed by atoms with Crippen molar-refractivity contribution in [1.29, 1.82) is 0 Å². The minimum Gasteiger partial charge on any atom is -0.481 e. The molecule has 1 aromatic rings. The Kier molecular flexibility index (Phi) is 6.60. The minimum atomic E-state index is -0.810. The van der Waals surface area contributed by atoms with Gasteiger partial charge >= 0.3 is 12.0 Å². The molecule has 2 aliphatic heterocycles. The topological polar surface area (TPSA) is 72.9 Å². The number of carboxylic acids is 1. The van der Waals surface area contributed by atoms with Crippen LogP contribution in [0.2, 0.25) is 5.02 Å². The number of carbonyl (C=O) groups excluding carboxylic acids is 1. The van der Waals surface area contributed by atoms with Crippen molar-refractivity contribution in [2.75, 3.05) is 26.2 Å². The molecule has 2 heterocycles. The van der Waals surface area contributed by atoms with Crippen molar-refractivity contribution in [3.05, 3.63) is 34.9 Å². The molecule has 2 N–H and O–H groups in total. The molecule has 6 nitrogen and oxygen atoms in total. The number of urea groups is 1. The van der Waals surface area contributed by atoms with E-state index in [0.29, 0.717) is 19.5 Å². The fourth-order valence-electron chi connectivity index (χ4n) is 4.05. The number of aliphatic carboxylic acids is 1. The fraction of sp³-hybridized carbons (Fsp3) is 0.600. The number of piperidine rings is 2. The normalized spacial score (nSPS) is 24.6. The van der Waals surface area contributed by atoms with Crippen LogP contribution in [0.1, 0.15) is 31.7 Å². The van der Waals surface area contributed by atoms with E-state index in [1.165, 1.54) is 5.56 Å². The van der Waals surface area contributed by atoms with Gasteiger partial charge < -0.3 is 15.3 Å². The Labute approximate surface area is 165 Å². The number of likely N-dealkylation sites (tertiary alicyclic amines) is 2. The Morgan fingerprint density at radius 2 is 1.85 bits per heavy atom. The summed E-state index contributed by atoms with van der Waals surface area (Å²) in [5, 5.41) is 13.1. The molecule has 0 aliphatic carbocycles. The Hall–Kier alpha value is -1.79. The number of amides is 2. The van der Waals surface area contributed by atoms with Crippen molar-refractivity contribution >= 4 is 23.6 Å². The molecule has 2 atom stereocenters. The summed E-state index contributed by atoms with van der Waals surface area (Å²) in [5.41, 5.74) is 1.24. The van der Waals surface area contributed by atoms with Gasteiger partial charge in [0.15, 0.2) is 0 Å². The third-order valence-corrected chi connectivity index (χ3v) is 5.78. The van der Waals surface area contributed by atoms with Gasteiger partial charge in [-0.15, -0.1) is 0 Å². The van der Waals surface area contributed by atoms with E-state index >= 15 is 0 Å². The van der Waals surface area contributed by atoms with Gasteiger partial charge in [0.1, 0.15) is 0 Å². The van der Waals surface area contributed by atoms with E-state index in [1.807, 2.05) is 31.2 Å². The molecule has 27 heavy (non-hydrogen) atoms. The molecule has 0 spiro atoms. The van der Waals surface area contributed by atoms with E-state index < -0.39 is 11.9 Å². The maximum absolute atomic E-state index is 12.6. The van der Waals surface area contributed by atoms with Gasteiger partial charge in [0.05, 0.1) is 5.92 Å². The maximum Gasteiger partial charge on any atom is 0.317 e. The Balaban J connectivity index is 1.45. The third kappa shape index (κ3) is 5.59. The first-order chi connectivity index (χ1) is 12.9. The average molecular weight is 394 g/mol. The zero-order valence-corrected chi connectivity index (χ0v) is 16.5. The van der Waals surface area contributed by atoms with Gasteiger partial charge in [-0.25, -0.2) is 4.79 Å². The summed E-state index contributed by atoms with van der Waals surface area (Å²) in [5.74, 6) is -1.05. The van der Waals surface area contributed by atoms with Gasteiger partial charge in [-0.05, 0) is 42.9 Å². The zero-order valence-electron chi connectivity index (χ0n) is 15.7. The first-order valence-electron chi connectivity index (χ1n) is 9.65. The summed E-state index contributed by atoms with van der Waals surface area (Å²) in [4.78, 5) is 27.9. The van der Waals surface area contributed by atoms with Crippen molar-refractivity contribution < 1.29 is 14.7 Å². The molecule has 2 saturated heterocycles. The monoisotopic (exact) mass is 393 g/mol. The van der Waals surface area contributed by atoms with Gasteiger partial charge in [-0.3, -0.25) is 9.69 Å². The first-order valence-corrected chi connectivity index (χ1v) is 10.0. The van der Waals surface area contributed by atoms with Crippen LogP contribution in [0.3, 0.4) is 0 Å². The van der Waals surface area contributed by atoms with Crippen molar-refractivity contribution in [1.82, 2.24) is 15.1 Å². The molecule has 1 aromatic carbocycles. The highest BCUT2D eigenvalue weighted by molar-refractivity contribution is 6.30. The predicted octanol–water partition coefficient (Wildman–Crippen LogP) is 3.06. The molecule has 2 unspecified atom stereocenters. The van der Waals surface area contributed by atoms with E-state index in [9.17, 15) is 14.7 Å². The van der Waals surface area contributed by atoms with Crippen LogP contribution in [0, 0.1) is 11.8 Å². The van der Waals surface area contributed by atoms with E-state index in [2.05, 4.69) is 10.2 Å². The number of rotatable bonds is 4. The molecular weight excluding hydrogens is 366 g/mol. The maximum atomic E-state index is 12.6.